The minimum Gasteiger partial charge on any atom is -0.103 e. The van der Waals surface area contributed by atoms with Crippen LogP contribution in [-0.2, 0) is 11.8 Å². The highest BCUT2D eigenvalue weighted by atomic mass is 14.5. The van der Waals surface area contributed by atoms with Crippen molar-refractivity contribution < 1.29 is 0 Å². The summed E-state index contributed by atoms with van der Waals surface area (Å²) in [4.78, 5) is 0. The fraction of sp³-hybridized carbons (Fsp3) is 0.278. The molecular formula is C36H36. The summed E-state index contributed by atoms with van der Waals surface area (Å²) in [6.07, 6.45) is 6.55. The number of aryl methyl sites for hydroxylation is 3. The van der Waals surface area contributed by atoms with Crippen LogP contribution in [0.15, 0.2) is 85.5 Å². The molecule has 0 saturated carbocycles. The van der Waals surface area contributed by atoms with Crippen LogP contribution < -0.4 is 0 Å². The Hall–Kier alpha value is -3.38. The van der Waals surface area contributed by atoms with Gasteiger partial charge in [-0.2, -0.15) is 0 Å². The molecule has 1 spiro atoms. The molecule has 0 fully saturated rings. The van der Waals surface area contributed by atoms with E-state index in [1.807, 2.05) is 0 Å². The standard InChI is InChI=1S/C36H36/c1-6-8-14-26-21-35-31(22-29(26)23(3)13-7-2)28-16-10-12-18-33(28)36(35)32-17-11-9-15-27(32)30-19-24(4)25(5)20-34(30)36/h6,9-12,15-23H,1,7-8,13-14H2,2-5H3. The highest BCUT2D eigenvalue weighted by molar-refractivity contribution is 5.95. The minimum absolute atomic E-state index is 0.258. The lowest BCUT2D eigenvalue weighted by Crippen LogP contribution is -2.26. The van der Waals surface area contributed by atoms with E-state index >= 15 is 0 Å². The number of fused-ring (bicyclic) bond motifs is 10. The Balaban J connectivity index is 1.74. The maximum absolute atomic E-state index is 4.04. The maximum atomic E-state index is 4.04. The van der Waals surface area contributed by atoms with Crippen molar-refractivity contribution in [3.8, 4) is 22.3 Å². The molecule has 0 heterocycles. The molecule has 36 heavy (non-hydrogen) atoms. The molecule has 180 valence electrons. The average Bonchev–Trinajstić information content (AvgIpc) is 3.33. The van der Waals surface area contributed by atoms with Gasteiger partial charge in [0.05, 0.1) is 5.41 Å². The zero-order chi connectivity index (χ0) is 25.0. The number of hydrogen-bond donors (Lipinski definition) is 0. The Morgan fingerprint density at radius 2 is 1.33 bits per heavy atom. The predicted octanol–water partition coefficient (Wildman–Crippen LogP) is 9.67. The van der Waals surface area contributed by atoms with Gasteiger partial charge in [-0.3, -0.25) is 0 Å². The zero-order valence-electron chi connectivity index (χ0n) is 22.1. The van der Waals surface area contributed by atoms with E-state index in [1.54, 1.807) is 0 Å². The summed E-state index contributed by atoms with van der Waals surface area (Å²) >= 11 is 0. The van der Waals surface area contributed by atoms with E-state index in [-0.39, 0.29) is 5.41 Å². The second kappa shape index (κ2) is 8.63. The second-order valence-electron chi connectivity index (χ2n) is 10.9. The smallest absolute Gasteiger partial charge is 0.0725 e. The van der Waals surface area contributed by atoms with Gasteiger partial charge < -0.3 is 0 Å². The van der Waals surface area contributed by atoms with Gasteiger partial charge in [0.15, 0.2) is 0 Å². The van der Waals surface area contributed by atoms with Crippen molar-refractivity contribution in [3.63, 3.8) is 0 Å². The van der Waals surface area contributed by atoms with Gasteiger partial charge in [0, 0.05) is 0 Å². The topological polar surface area (TPSA) is 0 Å². The van der Waals surface area contributed by atoms with Crippen LogP contribution in [0.2, 0.25) is 0 Å². The summed E-state index contributed by atoms with van der Waals surface area (Å²) in [7, 11) is 0. The van der Waals surface area contributed by atoms with Gasteiger partial charge in [0.25, 0.3) is 0 Å². The minimum atomic E-state index is -0.258. The third-order valence-electron chi connectivity index (χ3n) is 8.83. The van der Waals surface area contributed by atoms with Crippen molar-refractivity contribution in [2.75, 3.05) is 0 Å². The Kier molecular flexibility index (Phi) is 5.52. The lowest BCUT2D eigenvalue weighted by molar-refractivity contribution is 0.656. The molecule has 4 aromatic carbocycles. The SMILES string of the molecule is C=CCCc1cc2c(cc1C(C)CCC)-c1ccccc1C21c2ccccc2-c2cc(C)c(C)cc21. The molecule has 0 N–H and O–H groups in total. The van der Waals surface area contributed by atoms with Crippen LogP contribution in [0, 0.1) is 13.8 Å². The summed E-state index contributed by atoms with van der Waals surface area (Å²) in [5, 5.41) is 0. The Labute approximate surface area is 216 Å². The van der Waals surface area contributed by atoms with E-state index < -0.39 is 0 Å². The summed E-state index contributed by atoms with van der Waals surface area (Å²) in [5.41, 5.74) is 16.9. The fourth-order valence-electron chi connectivity index (χ4n) is 7.03. The summed E-state index contributed by atoms with van der Waals surface area (Å²) in [5.74, 6) is 0.553. The van der Waals surface area contributed by atoms with Crippen LogP contribution in [0.5, 0.6) is 0 Å². The highest BCUT2D eigenvalue weighted by Gasteiger charge is 2.52. The number of benzene rings is 4. The van der Waals surface area contributed by atoms with E-state index in [4.69, 9.17) is 0 Å². The maximum Gasteiger partial charge on any atom is 0.0725 e. The van der Waals surface area contributed by atoms with E-state index in [9.17, 15) is 0 Å². The molecule has 0 saturated heterocycles. The molecule has 6 rings (SSSR count). The van der Waals surface area contributed by atoms with Crippen molar-refractivity contribution in [3.05, 3.63) is 130 Å². The molecule has 2 aliphatic rings. The van der Waals surface area contributed by atoms with Crippen LogP contribution in [-0.4, -0.2) is 0 Å². The third kappa shape index (κ3) is 3.07. The van der Waals surface area contributed by atoms with Gasteiger partial charge in [0.1, 0.15) is 0 Å². The molecule has 0 bridgehead atoms. The monoisotopic (exact) mass is 468 g/mol. The largest absolute Gasteiger partial charge is 0.103 e. The summed E-state index contributed by atoms with van der Waals surface area (Å²) in [6, 6.07) is 28.4. The predicted molar refractivity (Wildman–Crippen MR) is 154 cm³/mol. The number of allylic oxidation sites excluding steroid dienone is 1. The van der Waals surface area contributed by atoms with Gasteiger partial charge in [-0.15, -0.1) is 6.58 Å². The van der Waals surface area contributed by atoms with Crippen LogP contribution >= 0.6 is 0 Å². The first-order chi connectivity index (χ1) is 17.5. The van der Waals surface area contributed by atoms with Crippen LogP contribution in [0.3, 0.4) is 0 Å². The highest BCUT2D eigenvalue weighted by Crippen LogP contribution is 2.63. The molecule has 0 nitrogen and oxygen atoms in total. The first kappa shape index (κ1) is 23.0. The molecule has 4 aromatic rings. The van der Waals surface area contributed by atoms with Crippen molar-refractivity contribution in [1.29, 1.82) is 0 Å². The molecule has 2 aliphatic carbocycles. The molecular weight excluding hydrogens is 432 g/mol. The quantitative estimate of drug-likeness (QED) is 0.213. The Morgan fingerprint density at radius 3 is 1.97 bits per heavy atom. The lowest BCUT2D eigenvalue weighted by atomic mass is 9.69. The van der Waals surface area contributed by atoms with Crippen LogP contribution in [0.25, 0.3) is 22.3 Å². The zero-order valence-corrected chi connectivity index (χ0v) is 22.1. The van der Waals surface area contributed by atoms with E-state index in [0.717, 1.165) is 12.8 Å². The van der Waals surface area contributed by atoms with Gasteiger partial charge >= 0.3 is 0 Å². The first-order valence-electron chi connectivity index (χ1n) is 13.6. The average molecular weight is 469 g/mol. The molecule has 2 atom stereocenters. The van der Waals surface area contributed by atoms with Gasteiger partial charge in [0.2, 0.25) is 0 Å². The first-order valence-corrected chi connectivity index (χ1v) is 13.6. The number of hydrogen-bond acceptors (Lipinski definition) is 0. The van der Waals surface area contributed by atoms with Gasteiger partial charge in [-0.1, -0.05) is 99.1 Å². The summed E-state index contributed by atoms with van der Waals surface area (Å²) < 4.78 is 0. The molecule has 2 unspecified atom stereocenters. The van der Waals surface area contributed by atoms with E-state index in [1.165, 1.54) is 79.6 Å². The third-order valence-corrected chi connectivity index (χ3v) is 8.83. The Morgan fingerprint density at radius 1 is 0.750 bits per heavy atom. The normalized spacial score (nSPS) is 17.4. The molecule has 0 aromatic heterocycles. The molecule has 0 aliphatic heterocycles. The molecule has 0 amide bonds. The van der Waals surface area contributed by atoms with Crippen molar-refractivity contribution in [1.82, 2.24) is 0 Å². The molecule has 0 heteroatoms. The number of rotatable bonds is 6. The lowest BCUT2D eigenvalue weighted by Gasteiger charge is -2.31. The van der Waals surface area contributed by atoms with Crippen molar-refractivity contribution in [2.24, 2.45) is 0 Å². The van der Waals surface area contributed by atoms with Crippen molar-refractivity contribution >= 4 is 0 Å². The van der Waals surface area contributed by atoms with Crippen LogP contribution in [0.4, 0.5) is 0 Å². The van der Waals surface area contributed by atoms with Crippen LogP contribution in [0.1, 0.15) is 83.5 Å². The fourth-order valence-corrected chi connectivity index (χ4v) is 7.03. The van der Waals surface area contributed by atoms with Gasteiger partial charge in [-0.05, 0) is 106 Å². The Bertz CT molecular complexity index is 1500. The summed E-state index contributed by atoms with van der Waals surface area (Å²) in [6.45, 7) is 13.3. The second-order valence-corrected chi connectivity index (χ2v) is 10.9. The van der Waals surface area contributed by atoms with E-state index in [2.05, 4.69) is 113 Å². The molecule has 0 radical (unpaired) electrons. The van der Waals surface area contributed by atoms with Crippen molar-refractivity contribution in [2.45, 2.75) is 64.7 Å². The van der Waals surface area contributed by atoms with E-state index in [0.29, 0.717) is 5.92 Å². The van der Waals surface area contributed by atoms with Gasteiger partial charge in [-0.25, -0.2) is 0 Å².